The zero-order valence-corrected chi connectivity index (χ0v) is 13.7. The lowest BCUT2D eigenvalue weighted by Gasteiger charge is -2.47. The Morgan fingerprint density at radius 3 is 2.42 bits per heavy atom. The van der Waals surface area contributed by atoms with Crippen molar-refractivity contribution < 1.29 is 29.2 Å². The molecule has 0 amide bonds. The number of carbonyl (C=O) groups excluding carboxylic acids is 1. The SMILES string of the molecule is O=C1CC[C@H](O)[C@]23C=C[C@@H](O)C4(Oc5cccc6cccc(c56)O4)[C@@]12O3. The molecule has 1 saturated heterocycles. The third-order valence-electron chi connectivity index (χ3n) is 6.12. The summed E-state index contributed by atoms with van der Waals surface area (Å²) >= 11 is 0. The molecule has 2 aliphatic carbocycles. The summed E-state index contributed by atoms with van der Waals surface area (Å²) in [6.07, 6.45) is 1.43. The summed E-state index contributed by atoms with van der Waals surface area (Å²) in [6.45, 7) is 0. The molecule has 0 unspecified atom stereocenters. The van der Waals surface area contributed by atoms with E-state index in [1.165, 1.54) is 6.08 Å². The van der Waals surface area contributed by atoms with E-state index in [0.717, 1.165) is 10.8 Å². The number of ether oxygens (including phenoxy) is 3. The van der Waals surface area contributed by atoms with Crippen LogP contribution in [0, 0.1) is 0 Å². The second kappa shape index (κ2) is 4.28. The van der Waals surface area contributed by atoms with E-state index in [9.17, 15) is 15.0 Å². The van der Waals surface area contributed by atoms with Crippen LogP contribution in [-0.2, 0) is 9.53 Å². The Kier molecular flexibility index (Phi) is 2.43. The van der Waals surface area contributed by atoms with Crippen molar-refractivity contribution in [2.75, 3.05) is 0 Å². The van der Waals surface area contributed by atoms with Crippen LogP contribution >= 0.6 is 0 Å². The van der Waals surface area contributed by atoms with Crippen LogP contribution in [0.15, 0.2) is 48.6 Å². The van der Waals surface area contributed by atoms with E-state index in [-0.39, 0.29) is 12.2 Å². The molecular formula is C20H16O6. The number of Topliss-reactive ketones (excluding diaryl/α,β-unsaturated/α-hetero) is 1. The summed E-state index contributed by atoms with van der Waals surface area (Å²) in [5, 5.41) is 23.1. The minimum atomic E-state index is -1.76. The minimum Gasteiger partial charge on any atom is -0.446 e. The van der Waals surface area contributed by atoms with E-state index < -0.39 is 29.2 Å². The van der Waals surface area contributed by atoms with Gasteiger partial charge in [0.1, 0.15) is 11.5 Å². The predicted molar refractivity (Wildman–Crippen MR) is 89.9 cm³/mol. The van der Waals surface area contributed by atoms with Crippen molar-refractivity contribution in [1.82, 2.24) is 0 Å². The molecule has 26 heavy (non-hydrogen) atoms. The van der Waals surface area contributed by atoms with Gasteiger partial charge < -0.3 is 24.4 Å². The number of benzene rings is 2. The molecular weight excluding hydrogens is 336 g/mol. The van der Waals surface area contributed by atoms with E-state index in [0.29, 0.717) is 17.9 Å². The maximum atomic E-state index is 13.0. The molecule has 2 aromatic carbocycles. The Morgan fingerprint density at radius 1 is 1.04 bits per heavy atom. The van der Waals surface area contributed by atoms with Gasteiger partial charge in [0.25, 0.3) is 0 Å². The maximum Gasteiger partial charge on any atom is 0.321 e. The van der Waals surface area contributed by atoms with Gasteiger partial charge in [0.2, 0.25) is 5.60 Å². The second-order valence-electron chi connectivity index (χ2n) is 7.34. The van der Waals surface area contributed by atoms with Crippen molar-refractivity contribution in [2.24, 2.45) is 0 Å². The Morgan fingerprint density at radius 2 is 1.73 bits per heavy atom. The number of rotatable bonds is 0. The molecule has 4 aliphatic rings. The number of epoxide rings is 1. The van der Waals surface area contributed by atoms with Gasteiger partial charge in [-0.25, -0.2) is 0 Å². The highest BCUT2D eigenvalue weighted by atomic mass is 16.8. The van der Waals surface area contributed by atoms with Crippen LogP contribution in [0.4, 0.5) is 0 Å². The molecule has 4 atom stereocenters. The first-order valence-corrected chi connectivity index (χ1v) is 8.73. The molecule has 6 heteroatoms. The summed E-state index contributed by atoms with van der Waals surface area (Å²) in [5.74, 6) is -0.948. The van der Waals surface area contributed by atoms with Crippen LogP contribution in [0.25, 0.3) is 10.8 Å². The molecule has 0 bridgehead atoms. The van der Waals surface area contributed by atoms with Crippen LogP contribution in [0.1, 0.15) is 12.8 Å². The van der Waals surface area contributed by atoms with Crippen molar-refractivity contribution in [1.29, 1.82) is 0 Å². The first kappa shape index (κ1) is 14.7. The molecule has 2 N–H and O–H groups in total. The van der Waals surface area contributed by atoms with E-state index in [2.05, 4.69) is 0 Å². The Hall–Kier alpha value is -2.41. The number of aliphatic hydroxyl groups excluding tert-OH is 2. The standard InChI is InChI=1S/C20H16O6/c21-14-7-8-15(22)19-18(14,26-19)10-9-16(23)20(19)24-12-5-1-3-11-4-2-6-13(25-20)17(11)12/h1-6,9-10,14,16,21,23H,7-8H2/t14-,16+,18+,19+/m0/s1. The Balaban J connectivity index is 1.61. The lowest BCUT2D eigenvalue weighted by Crippen LogP contribution is -2.72. The number of ketones is 1. The molecule has 0 radical (unpaired) electrons. The first-order valence-electron chi connectivity index (χ1n) is 8.73. The van der Waals surface area contributed by atoms with Gasteiger partial charge in [0.15, 0.2) is 17.5 Å². The zero-order valence-electron chi connectivity index (χ0n) is 13.7. The molecule has 0 aromatic heterocycles. The van der Waals surface area contributed by atoms with E-state index in [1.807, 2.05) is 24.3 Å². The number of hydrogen-bond acceptors (Lipinski definition) is 6. The minimum absolute atomic E-state index is 0.143. The quantitative estimate of drug-likeness (QED) is 0.551. The Bertz CT molecular complexity index is 972. The van der Waals surface area contributed by atoms with Crippen molar-refractivity contribution >= 4 is 16.6 Å². The van der Waals surface area contributed by atoms with Crippen LogP contribution in [0.3, 0.4) is 0 Å². The highest BCUT2D eigenvalue weighted by Gasteiger charge is 2.91. The topological polar surface area (TPSA) is 88.5 Å². The zero-order chi connectivity index (χ0) is 17.7. The van der Waals surface area contributed by atoms with Crippen LogP contribution in [0.5, 0.6) is 11.5 Å². The summed E-state index contributed by atoms with van der Waals surface area (Å²) < 4.78 is 18.3. The third kappa shape index (κ3) is 1.34. The average Bonchev–Trinajstić information content (AvgIpc) is 3.37. The predicted octanol–water partition coefficient (Wildman–Crippen LogP) is 1.47. The van der Waals surface area contributed by atoms with E-state index in [4.69, 9.17) is 14.2 Å². The monoisotopic (exact) mass is 352 g/mol. The molecule has 2 fully saturated rings. The van der Waals surface area contributed by atoms with Crippen molar-refractivity contribution in [3.63, 3.8) is 0 Å². The summed E-state index contributed by atoms with van der Waals surface area (Å²) in [6, 6.07) is 11.1. The molecule has 1 saturated carbocycles. The molecule has 2 heterocycles. The molecule has 6 nitrogen and oxygen atoms in total. The van der Waals surface area contributed by atoms with Gasteiger partial charge in [0, 0.05) is 6.42 Å². The summed E-state index contributed by atoms with van der Waals surface area (Å²) in [4.78, 5) is 13.0. The fraction of sp³-hybridized carbons (Fsp3) is 0.350. The van der Waals surface area contributed by atoms with Gasteiger partial charge in [-0.15, -0.1) is 0 Å². The first-order chi connectivity index (χ1) is 12.5. The van der Waals surface area contributed by atoms with E-state index in [1.54, 1.807) is 18.2 Å². The fourth-order valence-corrected chi connectivity index (χ4v) is 4.89. The molecule has 1 spiro atoms. The van der Waals surface area contributed by atoms with Gasteiger partial charge in [-0.2, -0.15) is 0 Å². The van der Waals surface area contributed by atoms with Crippen molar-refractivity contribution in [3.8, 4) is 11.5 Å². The van der Waals surface area contributed by atoms with Crippen LogP contribution in [0.2, 0.25) is 0 Å². The van der Waals surface area contributed by atoms with Crippen molar-refractivity contribution in [3.05, 3.63) is 48.6 Å². The average molecular weight is 352 g/mol. The summed E-state index contributed by atoms with van der Waals surface area (Å²) in [5.41, 5.74) is -2.76. The van der Waals surface area contributed by atoms with Gasteiger partial charge in [-0.3, -0.25) is 4.79 Å². The molecule has 2 aliphatic heterocycles. The lowest BCUT2D eigenvalue weighted by molar-refractivity contribution is -0.219. The number of aliphatic hydroxyl groups is 2. The van der Waals surface area contributed by atoms with Crippen LogP contribution < -0.4 is 9.47 Å². The van der Waals surface area contributed by atoms with Crippen molar-refractivity contribution in [2.45, 2.75) is 42.0 Å². The molecule has 6 rings (SSSR count). The molecule has 132 valence electrons. The fourth-order valence-electron chi connectivity index (χ4n) is 4.89. The largest absolute Gasteiger partial charge is 0.446 e. The number of hydrogen-bond donors (Lipinski definition) is 2. The second-order valence-corrected chi connectivity index (χ2v) is 7.34. The van der Waals surface area contributed by atoms with Gasteiger partial charge in [-0.1, -0.05) is 24.3 Å². The third-order valence-corrected chi connectivity index (χ3v) is 6.12. The van der Waals surface area contributed by atoms with Gasteiger partial charge in [-0.05, 0) is 36.1 Å². The Labute approximate surface area is 148 Å². The normalized spacial score (nSPS) is 38.3. The van der Waals surface area contributed by atoms with Gasteiger partial charge >= 0.3 is 5.79 Å². The lowest BCUT2D eigenvalue weighted by atomic mass is 9.67. The van der Waals surface area contributed by atoms with Crippen LogP contribution in [-0.4, -0.2) is 45.2 Å². The summed E-state index contributed by atoms with van der Waals surface area (Å²) in [7, 11) is 0. The highest BCUT2D eigenvalue weighted by Crippen LogP contribution is 2.66. The number of carbonyl (C=O) groups is 1. The van der Waals surface area contributed by atoms with Gasteiger partial charge in [0.05, 0.1) is 11.5 Å². The maximum absolute atomic E-state index is 13.0. The van der Waals surface area contributed by atoms with E-state index >= 15 is 0 Å². The molecule has 2 aromatic rings. The highest BCUT2D eigenvalue weighted by molar-refractivity contribution is 5.98. The smallest absolute Gasteiger partial charge is 0.321 e.